The van der Waals surface area contributed by atoms with Gasteiger partial charge in [-0.15, -0.1) is 0 Å². The lowest BCUT2D eigenvalue weighted by Crippen LogP contribution is -2.38. The van der Waals surface area contributed by atoms with Gasteiger partial charge in [0.15, 0.2) is 0 Å². The van der Waals surface area contributed by atoms with Crippen LogP contribution < -0.4 is 14.4 Å². The second kappa shape index (κ2) is 12.1. The summed E-state index contributed by atoms with van der Waals surface area (Å²) in [6.45, 7) is 7.93. The molecule has 1 aromatic carbocycles. The molecule has 3 fully saturated rings. The molecule has 0 bridgehead atoms. The average Bonchev–Trinajstić information content (AvgIpc) is 3.78. The molecule has 2 atom stereocenters. The van der Waals surface area contributed by atoms with Crippen LogP contribution in [0.15, 0.2) is 61.1 Å². The van der Waals surface area contributed by atoms with Gasteiger partial charge in [0.05, 0.1) is 43.8 Å². The Hall–Kier alpha value is -4.66. The van der Waals surface area contributed by atoms with Gasteiger partial charge in [0, 0.05) is 80.5 Å². The molecule has 0 N–H and O–H groups in total. The molecule has 11 heteroatoms. The number of rotatable bonds is 8. The zero-order valence-electron chi connectivity index (χ0n) is 24.8. The van der Waals surface area contributed by atoms with Crippen LogP contribution in [0.2, 0.25) is 0 Å². The lowest BCUT2D eigenvalue weighted by Gasteiger charge is -2.26. The van der Waals surface area contributed by atoms with E-state index in [1.807, 2.05) is 53.7 Å². The molecule has 0 spiro atoms. The molecule has 2 unspecified atom stereocenters. The van der Waals surface area contributed by atoms with Gasteiger partial charge in [0.25, 0.3) is 5.91 Å². The standard InChI is InChI=1S/C33H35N7O4/c1-42-28-5-2-23(3-6-28)33(41)39-20-26-18-38(19-27(26)21-39)31-7-4-24(16-35-31)30-14-29(22-40-32(30)25(15-34)17-36-40)44-13-10-37-8-11-43-12-9-37/h2-7,14,16-17,22,26-27H,8-13,18-21H2,1H3. The van der Waals surface area contributed by atoms with Gasteiger partial charge in [-0.1, -0.05) is 0 Å². The normalized spacial score (nSPS) is 20.1. The highest BCUT2D eigenvalue weighted by atomic mass is 16.5. The third-order valence-corrected chi connectivity index (χ3v) is 8.98. The number of carbonyl (C=O) groups is 1. The number of amides is 1. The van der Waals surface area contributed by atoms with Gasteiger partial charge in [-0.2, -0.15) is 10.4 Å². The average molecular weight is 594 g/mol. The van der Waals surface area contributed by atoms with Crippen molar-refractivity contribution < 1.29 is 19.0 Å². The highest BCUT2D eigenvalue weighted by molar-refractivity contribution is 5.94. The Bertz CT molecular complexity index is 1660. The van der Waals surface area contributed by atoms with E-state index in [0.29, 0.717) is 35.3 Å². The predicted octanol–water partition coefficient (Wildman–Crippen LogP) is 3.20. The molecule has 7 rings (SSSR count). The molecule has 6 heterocycles. The molecule has 11 nitrogen and oxygen atoms in total. The number of nitriles is 1. The summed E-state index contributed by atoms with van der Waals surface area (Å²) in [5.74, 6) is 3.25. The number of likely N-dealkylation sites (tertiary alicyclic amines) is 1. The number of nitrogens with zero attached hydrogens (tertiary/aromatic N) is 7. The summed E-state index contributed by atoms with van der Waals surface area (Å²) in [4.78, 5) is 24.6. The summed E-state index contributed by atoms with van der Waals surface area (Å²) >= 11 is 0. The second-order valence-corrected chi connectivity index (χ2v) is 11.6. The smallest absolute Gasteiger partial charge is 0.253 e. The SMILES string of the molecule is COc1ccc(C(=O)N2CC3CN(c4ccc(-c5cc(OCCN6CCOCC6)cn6ncc(C#N)c56)cn4)CC3C2)cc1. The quantitative estimate of drug-likeness (QED) is 0.304. The number of benzene rings is 1. The lowest BCUT2D eigenvalue weighted by atomic mass is 10.0. The Labute approximate surface area is 256 Å². The van der Waals surface area contributed by atoms with E-state index in [-0.39, 0.29) is 5.91 Å². The summed E-state index contributed by atoms with van der Waals surface area (Å²) in [6, 6.07) is 15.7. The van der Waals surface area contributed by atoms with E-state index in [1.165, 1.54) is 0 Å². The van der Waals surface area contributed by atoms with Crippen LogP contribution in [0.5, 0.6) is 11.5 Å². The van der Waals surface area contributed by atoms with Crippen molar-refractivity contribution in [3.63, 3.8) is 0 Å². The highest BCUT2D eigenvalue weighted by Gasteiger charge is 2.42. The fourth-order valence-electron chi connectivity index (χ4n) is 6.59. The lowest BCUT2D eigenvalue weighted by molar-refractivity contribution is 0.0322. The number of anilines is 1. The summed E-state index contributed by atoms with van der Waals surface area (Å²) in [7, 11) is 1.62. The van der Waals surface area contributed by atoms with Crippen molar-refractivity contribution in [2.24, 2.45) is 11.8 Å². The van der Waals surface area contributed by atoms with Gasteiger partial charge in [0.2, 0.25) is 0 Å². The molecule has 0 saturated carbocycles. The van der Waals surface area contributed by atoms with Crippen molar-refractivity contribution >= 4 is 17.2 Å². The number of ether oxygens (including phenoxy) is 3. The molecule has 44 heavy (non-hydrogen) atoms. The maximum Gasteiger partial charge on any atom is 0.253 e. The zero-order chi connectivity index (χ0) is 30.0. The zero-order valence-corrected chi connectivity index (χ0v) is 24.8. The van der Waals surface area contributed by atoms with E-state index >= 15 is 0 Å². The van der Waals surface area contributed by atoms with Crippen LogP contribution in [0.3, 0.4) is 0 Å². The largest absolute Gasteiger partial charge is 0.497 e. The van der Waals surface area contributed by atoms with Crippen LogP contribution in [-0.4, -0.2) is 103 Å². The predicted molar refractivity (Wildman–Crippen MR) is 164 cm³/mol. The van der Waals surface area contributed by atoms with Crippen LogP contribution in [0.1, 0.15) is 15.9 Å². The number of morpholine rings is 1. The minimum atomic E-state index is 0.0753. The molecule has 0 radical (unpaired) electrons. The molecule has 3 aliphatic heterocycles. The molecule has 1 amide bonds. The molecule has 3 saturated heterocycles. The van der Waals surface area contributed by atoms with Gasteiger partial charge in [-0.05, 0) is 42.5 Å². The van der Waals surface area contributed by atoms with Crippen molar-refractivity contribution in [2.75, 3.05) is 77.6 Å². The van der Waals surface area contributed by atoms with Crippen molar-refractivity contribution in [2.45, 2.75) is 0 Å². The van der Waals surface area contributed by atoms with E-state index in [9.17, 15) is 10.1 Å². The maximum absolute atomic E-state index is 13.1. The van der Waals surface area contributed by atoms with Crippen molar-refractivity contribution in [3.05, 3.63) is 72.2 Å². The first-order valence-electron chi connectivity index (χ1n) is 15.1. The third-order valence-electron chi connectivity index (χ3n) is 8.98. The number of methoxy groups -OCH3 is 1. The van der Waals surface area contributed by atoms with Crippen molar-refractivity contribution in [1.82, 2.24) is 24.4 Å². The molecule has 4 aromatic rings. The topological polar surface area (TPSA) is 108 Å². The Balaban J connectivity index is 1.03. The molecule has 3 aliphatic rings. The Kier molecular flexibility index (Phi) is 7.77. The first kappa shape index (κ1) is 28.1. The van der Waals surface area contributed by atoms with E-state index in [2.05, 4.69) is 27.0 Å². The van der Waals surface area contributed by atoms with E-state index < -0.39 is 0 Å². The summed E-state index contributed by atoms with van der Waals surface area (Å²) in [6.07, 6.45) is 5.28. The van der Waals surface area contributed by atoms with Crippen LogP contribution >= 0.6 is 0 Å². The summed E-state index contributed by atoms with van der Waals surface area (Å²) in [5, 5.41) is 14.2. The van der Waals surface area contributed by atoms with Gasteiger partial charge in [-0.25, -0.2) is 9.50 Å². The van der Waals surface area contributed by atoms with Gasteiger partial charge >= 0.3 is 0 Å². The summed E-state index contributed by atoms with van der Waals surface area (Å²) in [5.41, 5.74) is 3.68. The minimum Gasteiger partial charge on any atom is -0.497 e. The number of hydrogen-bond acceptors (Lipinski definition) is 9. The minimum absolute atomic E-state index is 0.0753. The third kappa shape index (κ3) is 5.54. The first-order valence-corrected chi connectivity index (χ1v) is 15.1. The Morgan fingerprint density at radius 1 is 1.02 bits per heavy atom. The monoisotopic (exact) mass is 593 g/mol. The van der Waals surface area contributed by atoms with Crippen molar-refractivity contribution in [1.29, 1.82) is 5.26 Å². The van der Waals surface area contributed by atoms with Crippen LogP contribution in [0.25, 0.3) is 16.6 Å². The summed E-state index contributed by atoms with van der Waals surface area (Å²) < 4.78 is 18.5. The van der Waals surface area contributed by atoms with Crippen molar-refractivity contribution in [3.8, 4) is 28.7 Å². The number of hydrogen-bond donors (Lipinski definition) is 0. The highest BCUT2D eigenvalue weighted by Crippen LogP contribution is 2.36. The van der Waals surface area contributed by atoms with Crippen LogP contribution in [-0.2, 0) is 4.74 Å². The van der Waals surface area contributed by atoms with E-state index in [4.69, 9.17) is 19.2 Å². The molecular weight excluding hydrogens is 558 g/mol. The van der Waals surface area contributed by atoms with Crippen LogP contribution in [0.4, 0.5) is 5.82 Å². The number of aromatic nitrogens is 3. The van der Waals surface area contributed by atoms with Crippen LogP contribution in [0, 0.1) is 23.2 Å². The van der Waals surface area contributed by atoms with Gasteiger partial charge in [-0.3, -0.25) is 9.69 Å². The number of fused-ring (bicyclic) bond motifs is 2. The fourth-order valence-corrected chi connectivity index (χ4v) is 6.59. The van der Waals surface area contributed by atoms with E-state index in [0.717, 1.165) is 87.2 Å². The van der Waals surface area contributed by atoms with Gasteiger partial charge in [0.1, 0.15) is 30.0 Å². The fraction of sp³-hybridized carbons (Fsp3) is 0.394. The van der Waals surface area contributed by atoms with Gasteiger partial charge < -0.3 is 24.0 Å². The Morgan fingerprint density at radius 3 is 2.48 bits per heavy atom. The molecule has 226 valence electrons. The number of carbonyl (C=O) groups excluding carboxylic acids is 1. The van der Waals surface area contributed by atoms with E-state index in [1.54, 1.807) is 17.8 Å². The first-order chi connectivity index (χ1) is 21.6. The number of pyridine rings is 2. The molecular formula is C33H35N7O4. The maximum atomic E-state index is 13.1. The Morgan fingerprint density at radius 2 is 1.80 bits per heavy atom. The molecule has 3 aromatic heterocycles. The molecule has 0 aliphatic carbocycles. The second-order valence-electron chi connectivity index (χ2n) is 11.6.